The second-order valence-corrected chi connectivity index (χ2v) is 6.86. The Kier molecular flexibility index (Phi) is 7.25. The van der Waals surface area contributed by atoms with Crippen molar-refractivity contribution in [3.05, 3.63) is 58.1 Å². The fraction of sp³-hybridized carbons (Fsp3) is 0.333. The number of carbonyl (C=O) groups is 2. The third-order valence-corrected chi connectivity index (χ3v) is 4.21. The third-order valence-electron chi connectivity index (χ3n) is 3.90. The van der Waals surface area contributed by atoms with Crippen LogP contribution < -0.4 is 10.1 Å². The summed E-state index contributed by atoms with van der Waals surface area (Å²) in [6, 6.07) is 10.6. The van der Waals surface area contributed by atoms with E-state index in [1.807, 2.05) is 25.1 Å². The molecule has 0 aliphatic heterocycles. The highest BCUT2D eigenvalue weighted by Gasteiger charge is 2.14. The number of ether oxygens (including phenoxy) is 2. The van der Waals surface area contributed by atoms with Gasteiger partial charge in [0.05, 0.1) is 17.2 Å². The molecule has 1 amide bonds. The normalized spacial score (nSPS) is 10.6. The summed E-state index contributed by atoms with van der Waals surface area (Å²) in [7, 11) is 0. The van der Waals surface area contributed by atoms with Crippen molar-refractivity contribution in [1.82, 2.24) is 0 Å². The van der Waals surface area contributed by atoms with Crippen molar-refractivity contribution in [1.29, 1.82) is 0 Å². The number of hydrogen-bond donors (Lipinski definition) is 1. The Balaban J connectivity index is 2.01. The SMILES string of the molecule is CCOC(=O)c1ccc(NC(=O)COc2cc(C)ccc2C(C)C)cc1Cl. The molecule has 0 aliphatic rings. The van der Waals surface area contributed by atoms with Gasteiger partial charge in [-0.05, 0) is 55.2 Å². The summed E-state index contributed by atoms with van der Waals surface area (Å²) in [6.45, 7) is 7.99. The van der Waals surface area contributed by atoms with Crippen molar-refractivity contribution in [2.45, 2.75) is 33.6 Å². The lowest BCUT2D eigenvalue weighted by Crippen LogP contribution is -2.20. The van der Waals surface area contributed by atoms with Gasteiger partial charge < -0.3 is 14.8 Å². The maximum absolute atomic E-state index is 12.2. The van der Waals surface area contributed by atoms with Crippen LogP contribution in [0, 0.1) is 6.92 Å². The van der Waals surface area contributed by atoms with Crippen LogP contribution in [0.4, 0.5) is 5.69 Å². The van der Waals surface area contributed by atoms with Crippen LogP contribution in [0.25, 0.3) is 0 Å². The molecule has 0 unspecified atom stereocenters. The first-order valence-electron chi connectivity index (χ1n) is 8.81. The number of nitrogens with one attached hydrogen (secondary N) is 1. The van der Waals surface area contributed by atoms with Gasteiger partial charge in [0.1, 0.15) is 5.75 Å². The lowest BCUT2D eigenvalue weighted by atomic mass is 10.0. The Hall–Kier alpha value is -2.53. The summed E-state index contributed by atoms with van der Waals surface area (Å²) in [5.74, 6) is 0.185. The van der Waals surface area contributed by atoms with Gasteiger partial charge in [0, 0.05) is 5.69 Å². The maximum Gasteiger partial charge on any atom is 0.339 e. The number of anilines is 1. The van der Waals surface area contributed by atoms with E-state index in [1.165, 1.54) is 12.1 Å². The van der Waals surface area contributed by atoms with E-state index in [4.69, 9.17) is 21.1 Å². The summed E-state index contributed by atoms with van der Waals surface area (Å²) < 4.78 is 10.6. The molecule has 2 rings (SSSR count). The van der Waals surface area contributed by atoms with E-state index in [0.29, 0.717) is 11.4 Å². The van der Waals surface area contributed by atoms with E-state index < -0.39 is 5.97 Å². The molecule has 5 nitrogen and oxygen atoms in total. The van der Waals surface area contributed by atoms with Crippen LogP contribution in [0.2, 0.25) is 5.02 Å². The van der Waals surface area contributed by atoms with Crippen LogP contribution in [-0.4, -0.2) is 25.1 Å². The predicted octanol–water partition coefficient (Wildman–Crippen LogP) is 4.97. The molecule has 0 atom stereocenters. The number of amides is 1. The molecule has 6 heteroatoms. The number of hydrogen-bond acceptors (Lipinski definition) is 4. The fourth-order valence-electron chi connectivity index (χ4n) is 2.55. The summed E-state index contributed by atoms with van der Waals surface area (Å²) in [6.07, 6.45) is 0. The molecule has 0 aliphatic carbocycles. The molecule has 2 aromatic rings. The Bertz CT molecular complexity index is 833. The average Bonchev–Trinajstić information content (AvgIpc) is 2.60. The van der Waals surface area contributed by atoms with Crippen LogP contribution in [0.15, 0.2) is 36.4 Å². The largest absolute Gasteiger partial charge is 0.483 e. The van der Waals surface area contributed by atoms with Gasteiger partial charge in [0.15, 0.2) is 6.61 Å². The lowest BCUT2D eigenvalue weighted by molar-refractivity contribution is -0.118. The molecule has 144 valence electrons. The standard InChI is InChI=1S/C21H24ClNO4/c1-5-26-21(25)17-9-7-15(11-18(17)22)23-20(24)12-27-19-10-14(4)6-8-16(19)13(2)3/h6-11,13H,5,12H2,1-4H3,(H,23,24). The Morgan fingerprint density at radius 2 is 1.89 bits per heavy atom. The Labute approximate surface area is 164 Å². The van der Waals surface area contributed by atoms with Gasteiger partial charge in [-0.1, -0.05) is 37.6 Å². The van der Waals surface area contributed by atoms with E-state index in [1.54, 1.807) is 13.0 Å². The molecule has 27 heavy (non-hydrogen) atoms. The van der Waals surface area contributed by atoms with Crippen molar-refractivity contribution < 1.29 is 19.1 Å². The first-order valence-corrected chi connectivity index (χ1v) is 9.19. The molecular formula is C21H24ClNO4. The van der Waals surface area contributed by atoms with Crippen molar-refractivity contribution in [2.75, 3.05) is 18.5 Å². The quantitative estimate of drug-likeness (QED) is 0.679. The molecule has 2 aromatic carbocycles. The second-order valence-electron chi connectivity index (χ2n) is 6.45. The first-order chi connectivity index (χ1) is 12.8. The van der Waals surface area contributed by atoms with Crippen LogP contribution in [0.1, 0.15) is 48.2 Å². The van der Waals surface area contributed by atoms with Gasteiger partial charge in [-0.2, -0.15) is 0 Å². The predicted molar refractivity (Wildman–Crippen MR) is 107 cm³/mol. The molecular weight excluding hydrogens is 366 g/mol. The van der Waals surface area contributed by atoms with Crippen molar-refractivity contribution in [2.24, 2.45) is 0 Å². The van der Waals surface area contributed by atoms with Crippen molar-refractivity contribution in [3.8, 4) is 5.75 Å². The first kappa shape index (κ1) is 20.8. The van der Waals surface area contributed by atoms with Crippen LogP contribution in [0.5, 0.6) is 5.75 Å². The Morgan fingerprint density at radius 1 is 1.15 bits per heavy atom. The van der Waals surface area contributed by atoms with E-state index in [9.17, 15) is 9.59 Å². The minimum atomic E-state index is -0.496. The minimum absolute atomic E-state index is 0.125. The minimum Gasteiger partial charge on any atom is -0.483 e. The van der Waals surface area contributed by atoms with Crippen LogP contribution in [0.3, 0.4) is 0 Å². The number of carbonyl (C=O) groups excluding carboxylic acids is 2. The highest BCUT2D eigenvalue weighted by Crippen LogP contribution is 2.27. The summed E-state index contributed by atoms with van der Waals surface area (Å²) in [5.41, 5.74) is 2.86. The van der Waals surface area contributed by atoms with Gasteiger partial charge in [0.2, 0.25) is 0 Å². The molecule has 0 saturated carbocycles. The number of halogens is 1. The highest BCUT2D eigenvalue weighted by atomic mass is 35.5. The summed E-state index contributed by atoms with van der Waals surface area (Å²) in [5, 5.41) is 2.93. The van der Waals surface area contributed by atoms with Gasteiger partial charge in [-0.3, -0.25) is 4.79 Å². The monoisotopic (exact) mass is 389 g/mol. The van der Waals surface area contributed by atoms with Crippen molar-refractivity contribution in [3.63, 3.8) is 0 Å². The number of aryl methyl sites for hydroxylation is 1. The van der Waals surface area contributed by atoms with Gasteiger partial charge >= 0.3 is 5.97 Å². The molecule has 0 saturated heterocycles. The maximum atomic E-state index is 12.2. The van der Waals surface area contributed by atoms with E-state index >= 15 is 0 Å². The molecule has 0 fully saturated rings. The van der Waals surface area contributed by atoms with Gasteiger partial charge in [0.25, 0.3) is 5.91 Å². The van der Waals surface area contributed by atoms with Gasteiger partial charge in [-0.15, -0.1) is 0 Å². The fourth-order valence-corrected chi connectivity index (χ4v) is 2.81. The summed E-state index contributed by atoms with van der Waals surface area (Å²) >= 11 is 6.11. The smallest absolute Gasteiger partial charge is 0.339 e. The van der Waals surface area contributed by atoms with E-state index in [2.05, 4.69) is 19.2 Å². The van der Waals surface area contributed by atoms with Gasteiger partial charge in [-0.25, -0.2) is 4.79 Å². The third kappa shape index (κ3) is 5.73. The molecule has 0 spiro atoms. The zero-order valence-corrected chi connectivity index (χ0v) is 16.7. The molecule has 0 heterocycles. The van der Waals surface area contributed by atoms with Crippen LogP contribution in [-0.2, 0) is 9.53 Å². The van der Waals surface area contributed by atoms with E-state index in [-0.39, 0.29) is 35.6 Å². The van der Waals surface area contributed by atoms with Crippen LogP contribution >= 0.6 is 11.6 Å². The number of benzene rings is 2. The average molecular weight is 390 g/mol. The zero-order valence-electron chi connectivity index (χ0n) is 16.0. The van der Waals surface area contributed by atoms with E-state index in [0.717, 1.165) is 11.1 Å². The Morgan fingerprint density at radius 3 is 2.52 bits per heavy atom. The molecule has 1 N–H and O–H groups in total. The lowest BCUT2D eigenvalue weighted by Gasteiger charge is -2.15. The number of esters is 1. The van der Waals surface area contributed by atoms with Crippen molar-refractivity contribution >= 4 is 29.2 Å². The zero-order chi connectivity index (χ0) is 20.0. The molecule has 0 bridgehead atoms. The second kappa shape index (κ2) is 9.42. The number of rotatable bonds is 7. The topological polar surface area (TPSA) is 64.6 Å². The molecule has 0 radical (unpaired) electrons. The highest BCUT2D eigenvalue weighted by molar-refractivity contribution is 6.34. The summed E-state index contributed by atoms with van der Waals surface area (Å²) in [4.78, 5) is 24.0. The molecule has 0 aromatic heterocycles.